The molecule has 1 aromatic rings. The van der Waals surface area contributed by atoms with Gasteiger partial charge in [-0.25, -0.2) is 0 Å². The number of Topliss-reactive ketones (excluding diaryl/α,β-unsaturated/α-hetero) is 2. The number of carbonyl (C=O) groups excluding carboxylic acids is 3. The molecule has 0 spiro atoms. The number of rotatable bonds is 5. The quantitative estimate of drug-likeness (QED) is 0.138. The van der Waals surface area contributed by atoms with Crippen molar-refractivity contribution in [2.45, 2.75) is 44.4 Å². The second-order valence-corrected chi connectivity index (χ2v) is 10.2. The SMILES string of the molecule is CC(C)Nc1cc([N+](=O)[O-])c(O)c2c1CC1CC3[C@H](N(C)C)C(=O)C(C(N)=O)=C(O)[C@@]3(O)C(=O)C1=C2O. The third-order valence-electron chi connectivity index (χ3n) is 7.34. The van der Waals surface area contributed by atoms with E-state index in [0.717, 1.165) is 6.07 Å². The number of aliphatic hydroxyl groups is 3. The number of amides is 1. The topological polar surface area (TPSA) is 217 Å². The third kappa shape index (κ3) is 3.56. The predicted molar refractivity (Wildman–Crippen MR) is 130 cm³/mol. The summed E-state index contributed by atoms with van der Waals surface area (Å²) >= 11 is 0. The number of ketones is 2. The van der Waals surface area contributed by atoms with Crippen LogP contribution in [0.2, 0.25) is 0 Å². The van der Waals surface area contributed by atoms with Crippen molar-refractivity contribution in [2.75, 3.05) is 19.4 Å². The van der Waals surface area contributed by atoms with E-state index in [4.69, 9.17) is 5.73 Å². The number of carbonyl (C=O) groups is 3. The van der Waals surface area contributed by atoms with Crippen LogP contribution in [0.3, 0.4) is 0 Å². The number of fused-ring (bicyclic) bond motifs is 3. The number of nitrogens with two attached hydrogens (primary N) is 1. The summed E-state index contributed by atoms with van der Waals surface area (Å²) < 4.78 is 0. The van der Waals surface area contributed by atoms with Crippen LogP contribution in [0.4, 0.5) is 11.4 Å². The highest BCUT2D eigenvalue weighted by Gasteiger charge is 2.64. The smallest absolute Gasteiger partial charge is 0.313 e. The van der Waals surface area contributed by atoms with Crippen molar-refractivity contribution >= 4 is 34.6 Å². The van der Waals surface area contributed by atoms with E-state index in [2.05, 4.69) is 5.32 Å². The summed E-state index contributed by atoms with van der Waals surface area (Å²) in [4.78, 5) is 51.1. The van der Waals surface area contributed by atoms with Crippen LogP contribution in [0.15, 0.2) is 23.0 Å². The van der Waals surface area contributed by atoms with Crippen LogP contribution in [0, 0.1) is 22.0 Å². The number of nitro benzene ring substituents is 1. The van der Waals surface area contributed by atoms with Crippen molar-refractivity contribution < 1.29 is 39.7 Å². The lowest BCUT2D eigenvalue weighted by Crippen LogP contribution is -2.65. The minimum absolute atomic E-state index is 0.0230. The van der Waals surface area contributed by atoms with Gasteiger partial charge in [-0.05, 0) is 52.3 Å². The number of hydrogen-bond donors (Lipinski definition) is 6. The fourth-order valence-electron chi connectivity index (χ4n) is 5.88. The van der Waals surface area contributed by atoms with E-state index in [0.29, 0.717) is 5.56 Å². The molecular weight excluding hydrogens is 488 g/mol. The Morgan fingerprint density at radius 3 is 2.41 bits per heavy atom. The van der Waals surface area contributed by atoms with E-state index in [-0.39, 0.29) is 35.7 Å². The molecule has 1 amide bonds. The highest BCUT2D eigenvalue weighted by Crippen LogP contribution is 2.54. The van der Waals surface area contributed by atoms with Gasteiger partial charge in [-0.2, -0.15) is 0 Å². The fourth-order valence-corrected chi connectivity index (χ4v) is 5.88. The molecule has 13 nitrogen and oxygen atoms in total. The lowest BCUT2D eigenvalue weighted by molar-refractivity contribution is -0.385. The van der Waals surface area contributed by atoms with Gasteiger partial charge in [0.2, 0.25) is 11.5 Å². The molecule has 1 aromatic carbocycles. The molecule has 2 unspecified atom stereocenters. The number of likely N-dealkylation sites (N-methyl/N-ethyl adjacent to an activating group) is 1. The molecule has 0 aromatic heterocycles. The summed E-state index contributed by atoms with van der Waals surface area (Å²) in [6.07, 6.45) is -0.0558. The van der Waals surface area contributed by atoms with Crippen LogP contribution in [0.1, 0.15) is 31.4 Å². The lowest BCUT2D eigenvalue weighted by atomic mass is 9.57. The van der Waals surface area contributed by atoms with E-state index in [1.807, 2.05) is 0 Å². The third-order valence-corrected chi connectivity index (χ3v) is 7.34. The van der Waals surface area contributed by atoms with Gasteiger partial charge in [-0.1, -0.05) is 0 Å². The number of nitrogens with zero attached hydrogens (tertiary/aromatic N) is 2. The minimum Gasteiger partial charge on any atom is -0.508 e. The average molecular weight is 517 g/mol. The highest BCUT2D eigenvalue weighted by atomic mass is 16.6. The summed E-state index contributed by atoms with van der Waals surface area (Å²) in [6, 6.07) is -0.230. The Morgan fingerprint density at radius 2 is 1.89 bits per heavy atom. The summed E-state index contributed by atoms with van der Waals surface area (Å²) in [6.45, 7) is 3.58. The second kappa shape index (κ2) is 8.56. The number of primary amides is 1. The number of aromatic hydroxyl groups is 1. The molecule has 0 radical (unpaired) electrons. The number of hydrogen-bond acceptors (Lipinski definition) is 11. The molecule has 7 N–H and O–H groups in total. The standard InChI is InChI=1S/C24H28N4O9/c1-8(2)26-12-7-13(28(36)37)18(29)15-10(12)5-9-6-11-17(27(3)4)20(31)16(23(25)34)22(33)24(11,35)21(32)14(9)19(15)30/h7-9,11,17,26,29-30,33,35H,5-6H2,1-4H3,(H2,25,34)/t9?,11?,17-,24-/m0/s1. The Morgan fingerprint density at radius 1 is 1.27 bits per heavy atom. The van der Waals surface area contributed by atoms with Gasteiger partial charge in [-0.15, -0.1) is 0 Å². The normalized spacial score (nSPS) is 27.3. The first-order valence-electron chi connectivity index (χ1n) is 11.6. The molecule has 1 fully saturated rings. The van der Waals surface area contributed by atoms with Crippen LogP contribution in [0.25, 0.3) is 5.76 Å². The summed E-state index contributed by atoms with van der Waals surface area (Å²) in [7, 11) is 3.02. The molecule has 0 heterocycles. The fraction of sp³-hybridized carbons (Fsp3) is 0.458. The number of aliphatic hydroxyl groups excluding tert-OH is 2. The van der Waals surface area contributed by atoms with Gasteiger partial charge in [-0.3, -0.25) is 29.4 Å². The van der Waals surface area contributed by atoms with Crippen molar-refractivity contribution in [1.29, 1.82) is 0 Å². The molecule has 0 saturated heterocycles. The number of phenols is 1. The molecule has 37 heavy (non-hydrogen) atoms. The van der Waals surface area contributed by atoms with Gasteiger partial charge in [0, 0.05) is 29.3 Å². The van der Waals surface area contributed by atoms with Gasteiger partial charge in [0.1, 0.15) is 17.1 Å². The summed E-state index contributed by atoms with van der Waals surface area (Å²) in [5.41, 5.74) is 0.779. The largest absolute Gasteiger partial charge is 0.508 e. The second-order valence-electron chi connectivity index (χ2n) is 10.2. The Hall–Kier alpha value is -3.97. The van der Waals surface area contributed by atoms with Gasteiger partial charge in [0.15, 0.2) is 11.4 Å². The van der Waals surface area contributed by atoms with Crippen LogP contribution in [-0.2, 0) is 20.8 Å². The Balaban J connectivity index is 2.01. The summed E-state index contributed by atoms with van der Waals surface area (Å²) in [5.74, 6) is -8.20. The molecule has 1 saturated carbocycles. The first-order chi connectivity index (χ1) is 17.1. The van der Waals surface area contributed by atoms with Gasteiger partial charge < -0.3 is 31.5 Å². The molecule has 3 aliphatic carbocycles. The Bertz CT molecular complexity index is 1330. The number of phenolic OH excluding ortho intramolecular Hbond substituents is 1. The summed E-state index contributed by atoms with van der Waals surface area (Å²) in [5, 5.41) is 59.1. The number of anilines is 1. The molecule has 4 rings (SSSR count). The monoisotopic (exact) mass is 516 g/mol. The van der Waals surface area contributed by atoms with Crippen LogP contribution in [0.5, 0.6) is 5.75 Å². The maximum atomic E-state index is 13.8. The van der Waals surface area contributed by atoms with Crippen LogP contribution < -0.4 is 11.1 Å². The molecule has 0 aliphatic heterocycles. The number of nitrogens with one attached hydrogen (secondary N) is 1. The molecule has 3 aliphatic rings. The highest BCUT2D eigenvalue weighted by molar-refractivity contribution is 6.24. The zero-order valence-electron chi connectivity index (χ0n) is 20.6. The van der Waals surface area contributed by atoms with E-state index in [1.165, 1.54) is 19.0 Å². The first-order valence-corrected chi connectivity index (χ1v) is 11.6. The maximum absolute atomic E-state index is 13.8. The van der Waals surface area contributed by atoms with Crippen molar-refractivity contribution in [1.82, 2.24) is 4.90 Å². The van der Waals surface area contributed by atoms with Crippen molar-refractivity contribution in [3.05, 3.63) is 44.2 Å². The van der Waals surface area contributed by atoms with Crippen molar-refractivity contribution in [2.24, 2.45) is 17.6 Å². The number of nitro groups is 1. The zero-order valence-corrected chi connectivity index (χ0v) is 20.6. The van der Waals surface area contributed by atoms with Crippen molar-refractivity contribution in [3.63, 3.8) is 0 Å². The number of benzene rings is 1. The average Bonchev–Trinajstić information content (AvgIpc) is 2.77. The van der Waals surface area contributed by atoms with Gasteiger partial charge in [0.05, 0.1) is 16.5 Å². The first kappa shape index (κ1) is 26.1. The predicted octanol–water partition coefficient (Wildman–Crippen LogP) is 0.693. The van der Waals surface area contributed by atoms with Crippen molar-refractivity contribution in [3.8, 4) is 5.75 Å². The van der Waals surface area contributed by atoms with E-state index in [1.54, 1.807) is 13.8 Å². The molecular formula is C24H28N4O9. The molecule has 198 valence electrons. The van der Waals surface area contributed by atoms with Crippen LogP contribution in [-0.4, -0.2) is 79.5 Å². The maximum Gasteiger partial charge on any atom is 0.313 e. The van der Waals surface area contributed by atoms with E-state index >= 15 is 0 Å². The lowest BCUT2D eigenvalue weighted by Gasteiger charge is -2.50. The minimum atomic E-state index is -2.78. The van der Waals surface area contributed by atoms with Crippen LogP contribution >= 0.6 is 0 Å². The van der Waals surface area contributed by atoms with Gasteiger partial charge >= 0.3 is 5.69 Å². The van der Waals surface area contributed by atoms with Gasteiger partial charge in [0.25, 0.3) is 5.91 Å². The molecule has 13 heteroatoms. The van der Waals surface area contributed by atoms with E-state index < -0.39 is 74.4 Å². The zero-order chi connectivity index (χ0) is 27.7. The van der Waals surface area contributed by atoms with E-state index in [9.17, 15) is 44.9 Å². The Kier molecular flexibility index (Phi) is 6.04. The molecule has 0 bridgehead atoms. The molecule has 4 atom stereocenters. The Labute approximate surface area is 211 Å².